The molecular weight excluding hydrogens is 366 g/mol. The molecule has 140 valence electrons. The first-order chi connectivity index (χ1) is 12.8. The SMILES string of the molecule is CC[C@]12S[C@@]3(C[C@](C)(C#N)[C@H](c4ccc5c(c4)OCO5)N3C1=O)C(=O)N2C. The van der Waals surface area contributed by atoms with Crippen LogP contribution in [0.4, 0.5) is 0 Å². The molecule has 2 amide bonds. The van der Waals surface area contributed by atoms with E-state index in [1.54, 1.807) is 22.9 Å². The summed E-state index contributed by atoms with van der Waals surface area (Å²) in [6.07, 6.45) is 0.852. The highest BCUT2D eigenvalue weighted by Gasteiger charge is 2.79. The number of thioether (sulfide) groups is 1. The standard InChI is InChI=1S/C19H19N3O4S/c1-4-18-16(24)22-14(11-5-6-12-13(7-11)26-10-25-12)17(2,9-20)8-19(22,27-18)15(23)21(18)3/h5-7,14H,4,8,10H2,1-3H3/t14-,17+,18-,19-/m0/s1. The van der Waals surface area contributed by atoms with Crippen molar-refractivity contribution in [2.45, 2.75) is 42.5 Å². The molecule has 8 heteroatoms. The molecule has 0 radical (unpaired) electrons. The molecule has 3 fully saturated rings. The zero-order valence-electron chi connectivity index (χ0n) is 15.3. The molecule has 4 heterocycles. The lowest BCUT2D eigenvalue weighted by Crippen LogP contribution is -2.61. The van der Waals surface area contributed by atoms with Gasteiger partial charge in [-0.05, 0) is 31.0 Å². The summed E-state index contributed by atoms with van der Waals surface area (Å²) in [4.78, 5) is 28.1. The minimum absolute atomic E-state index is 0.0845. The minimum Gasteiger partial charge on any atom is -0.454 e. The number of piperazine rings is 1. The number of fused-ring (bicyclic) bond motifs is 2. The Balaban J connectivity index is 1.69. The van der Waals surface area contributed by atoms with E-state index in [4.69, 9.17) is 9.47 Å². The topological polar surface area (TPSA) is 82.9 Å². The summed E-state index contributed by atoms with van der Waals surface area (Å²) in [5, 5.41) is 10.0. The Hall–Kier alpha value is -2.40. The number of carbonyl (C=O) groups excluding carboxylic acids is 2. The number of hydrogen-bond donors (Lipinski definition) is 0. The first kappa shape index (κ1) is 16.8. The van der Waals surface area contributed by atoms with E-state index in [-0.39, 0.29) is 18.6 Å². The van der Waals surface area contributed by atoms with Crippen molar-refractivity contribution >= 4 is 23.6 Å². The lowest BCUT2D eigenvalue weighted by Gasteiger charge is -2.41. The third-order valence-corrected chi connectivity index (χ3v) is 8.30. The van der Waals surface area contributed by atoms with E-state index in [0.29, 0.717) is 24.3 Å². The van der Waals surface area contributed by atoms with Gasteiger partial charge >= 0.3 is 0 Å². The minimum atomic E-state index is -1.01. The van der Waals surface area contributed by atoms with Gasteiger partial charge in [0.05, 0.1) is 17.5 Å². The summed E-state index contributed by atoms with van der Waals surface area (Å²) in [6, 6.07) is 7.39. The highest BCUT2D eigenvalue weighted by molar-refractivity contribution is 8.04. The second-order valence-corrected chi connectivity index (χ2v) is 9.34. The fourth-order valence-electron chi connectivity index (χ4n) is 5.07. The normalized spacial score (nSPS) is 38.5. The van der Waals surface area contributed by atoms with Crippen LogP contribution in [0.3, 0.4) is 0 Å². The van der Waals surface area contributed by atoms with Gasteiger partial charge in [-0.3, -0.25) is 9.59 Å². The van der Waals surface area contributed by atoms with Gasteiger partial charge in [0, 0.05) is 13.5 Å². The monoisotopic (exact) mass is 385 g/mol. The van der Waals surface area contributed by atoms with Crippen molar-refractivity contribution in [2.75, 3.05) is 13.8 Å². The van der Waals surface area contributed by atoms with Crippen LogP contribution in [0.2, 0.25) is 0 Å². The molecule has 1 aromatic carbocycles. The Kier molecular flexibility index (Phi) is 3.04. The summed E-state index contributed by atoms with van der Waals surface area (Å²) in [6.45, 7) is 3.92. The molecule has 0 N–H and O–H groups in total. The van der Waals surface area contributed by atoms with Gasteiger partial charge in [-0.25, -0.2) is 0 Å². The van der Waals surface area contributed by atoms with Crippen LogP contribution in [0, 0.1) is 16.7 Å². The maximum atomic E-state index is 13.5. The second-order valence-electron chi connectivity index (χ2n) is 7.78. The van der Waals surface area contributed by atoms with Gasteiger partial charge in [-0.1, -0.05) is 24.8 Å². The van der Waals surface area contributed by atoms with E-state index in [9.17, 15) is 14.9 Å². The van der Waals surface area contributed by atoms with Crippen LogP contribution in [0.15, 0.2) is 18.2 Å². The van der Waals surface area contributed by atoms with E-state index in [2.05, 4.69) is 6.07 Å². The van der Waals surface area contributed by atoms with Gasteiger partial charge < -0.3 is 19.3 Å². The number of nitrogens with zero attached hydrogens (tertiary/aromatic N) is 3. The van der Waals surface area contributed by atoms with E-state index in [1.807, 2.05) is 26.0 Å². The molecule has 0 aromatic heterocycles. The lowest BCUT2D eigenvalue weighted by atomic mass is 9.79. The zero-order chi connectivity index (χ0) is 19.2. The fraction of sp³-hybridized carbons (Fsp3) is 0.526. The summed E-state index contributed by atoms with van der Waals surface area (Å²) in [5.41, 5.74) is -0.0831. The largest absolute Gasteiger partial charge is 0.454 e. The van der Waals surface area contributed by atoms with Crippen LogP contribution in [0.25, 0.3) is 0 Å². The van der Waals surface area contributed by atoms with Crippen LogP contribution in [0.1, 0.15) is 38.3 Å². The molecule has 0 aliphatic carbocycles. The molecule has 27 heavy (non-hydrogen) atoms. The van der Waals surface area contributed by atoms with Crippen LogP contribution in [-0.2, 0) is 9.59 Å². The van der Waals surface area contributed by atoms with Gasteiger partial charge in [-0.15, -0.1) is 0 Å². The number of rotatable bonds is 2. The molecule has 0 unspecified atom stereocenters. The van der Waals surface area contributed by atoms with Gasteiger partial charge in [-0.2, -0.15) is 5.26 Å². The van der Waals surface area contributed by atoms with Crippen molar-refractivity contribution in [1.29, 1.82) is 5.26 Å². The number of benzene rings is 1. The van der Waals surface area contributed by atoms with Crippen molar-refractivity contribution < 1.29 is 19.1 Å². The number of nitriles is 1. The van der Waals surface area contributed by atoms with E-state index in [1.165, 1.54) is 11.8 Å². The lowest BCUT2D eigenvalue weighted by molar-refractivity contribution is -0.160. The third-order valence-electron chi connectivity index (χ3n) is 6.38. The second kappa shape index (κ2) is 4.90. The Morgan fingerprint density at radius 1 is 1.30 bits per heavy atom. The average molecular weight is 385 g/mol. The average Bonchev–Trinajstić information content (AvgIpc) is 3.34. The molecule has 7 nitrogen and oxygen atoms in total. The summed E-state index contributed by atoms with van der Waals surface area (Å²) in [7, 11) is 1.69. The van der Waals surface area contributed by atoms with Crippen molar-refractivity contribution in [2.24, 2.45) is 5.41 Å². The van der Waals surface area contributed by atoms with E-state index < -0.39 is 21.2 Å². The van der Waals surface area contributed by atoms with Crippen LogP contribution < -0.4 is 9.47 Å². The molecule has 2 bridgehead atoms. The van der Waals surface area contributed by atoms with E-state index in [0.717, 1.165) is 5.56 Å². The molecule has 4 atom stereocenters. The fourth-order valence-corrected chi connectivity index (χ4v) is 7.06. The van der Waals surface area contributed by atoms with Crippen molar-refractivity contribution in [1.82, 2.24) is 9.80 Å². The Bertz CT molecular complexity index is 945. The molecule has 1 spiro atoms. The predicted octanol–water partition coefficient (Wildman–Crippen LogP) is 2.24. The highest BCUT2D eigenvalue weighted by Crippen LogP contribution is 2.70. The first-order valence-electron chi connectivity index (χ1n) is 8.96. The molecule has 5 rings (SSSR count). The summed E-state index contributed by atoms with van der Waals surface area (Å²) in [5.74, 6) is 1.08. The smallest absolute Gasteiger partial charge is 0.261 e. The number of amides is 2. The molecule has 1 aromatic rings. The third kappa shape index (κ3) is 1.69. The Labute approximate surface area is 161 Å². The van der Waals surface area contributed by atoms with Crippen molar-refractivity contribution in [3.63, 3.8) is 0 Å². The van der Waals surface area contributed by atoms with Gasteiger partial charge in [0.15, 0.2) is 21.2 Å². The van der Waals surface area contributed by atoms with Crippen LogP contribution in [0.5, 0.6) is 11.5 Å². The molecule has 0 saturated carbocycles. The zero-order valence-corrected chi connectivity index (χ0v) is 16.1. The van der Waals surface area contributed by atoms with Gasteiger partial charge in [0.2, 0.25) is 6.79 Å². The van der Waals surface area contributed by atoms with Crippen molar-refractivity contribution in [3.05, 3.63) is 23.8 Å². The number of carbonyl (C=O) groups is 2. The summed E-state index contributed by atoms with van der Waals surface area (Å²) < 4.78 is 10.9. The number of hydrogen-bond acceptors (Lipinski definition) is 6. The van der Waals surface area contributed by atoms with Gasteiger partial charge in [0.25, 0.3) is 11.8 Å². The number of likely N-dealkylation sites (N-methyl/N-ethyl adjacent to an activating group) is 1. The molecule has 4 aliphatic rings. The maximum absolute atomic E-state index is 13.5. The number of ether oxygens (including phenoxy) is 2. The van der Waals surface area contributed by atoms with Crippen molar-refractivity contribution in [3.8, 4) is 17.6 Å². The van der Waals surface area contributed by atoms with Gasteiger partial charge in [0.1, 0.15) is 0 Å². The Morgan fingerprint density at radius 3 is 2.74 bits per heavy atom. The molecule has 3 saturated heterocycles. The van der Waals surface area contributed by atoms with Crippen LogP contribution in [-0.4, -0.2) is 45.2 Å². The quantitative estimate of drug-likeness (QED) is 0.776. The highest BCUT2D eigenvalue weighted by atomic mass is 32.2. The maximum Gasteiger partial charge on any atom is 0.261 e. The van der Waals surface area contributed by atoms with E-state index >= 15 is 0 Å². The molecular formula is C19H19N3O4S. The predicted molar refractivity (Wildman–Crippen MR) is 96.6 cm³/mol. The summed E-state index contributed by atoms with van der Waals surface area (Å²) >= 11 is 1.41. The van der Waals surface area contributed by atoms with Crippen LogP contribution >= 0.6 is 11.8 Å². The molecule has 4 aliphatic heterocycles. The first-order valence-corrected chi connectivity index (χ1v) is 9.78. The Morgan fingerprint density at radius 2 is 2.04 bits per heavy atom.